The Bertz CT molecular complexity index is 327. The first kappa shape index (κ1) is 12.5. The van der Waals surface area contributed by atoms with Gasteiger partial charge in [0.05, 0.1) is 5.69 Å². The standard InChI is InChI=1S/C13H22N4/c1-17(10-12-9-15-6-7-16-12)13-5-3-2-4-11(13)8-14/h6-7,9,11,13H,2-5,8,10,14H2,1H3. The van der Waals surface area contributed by atoms with Crippen molar-refractivity contribution < 1.29 is 0 Å². The summed E-state index contributed by atoms with van der Waals surface area (Å²) < 4.78 is 0. The smallest absolute Gasteiger partial charge is 0.0726 e. The summed E-state index contributed by atoms with van der Waals surface area (Å²) in [6.45, 7) is 1.67. The van der Waals surface area contributed by atoms with Crippen LogP contribution in [0.2, 0.25) is 0 Å². The Morgan fingerprint density at radius 1 is 1.35 bits per heavy atom. The van der Waals surface area contributed by atoms with Crippen LogP contribution >= 0.6 is 0 Å². The minimum absolute atomic E-state index is 0.607. The van der Waals surface area contributed by atoms with Gasteiger partial charge >= 0.3 is 0 Å². The molecule has 1 aliphatic carbocycles. The van der Waals surface area contributed by atoms with Gasteiger partial charge in [-0.3, -0.25) is 14.9 Å². The molecule has 94 valence electrons. The molecule has 0 saturated heterocycles. The highest BCUT2D eigenvalue weighted by Crippen LogP contribution is 2.27. The highest BCUT2D eigenvalue weighted by Gasteiger charge is 2.27. The fourth-order valence-electron chi connectivity index (χ4n) is 2.83. The van der Waals surface area contributed by atoms with Crippen molar-refractivity contribution in [2.75, 3.05) is 13.6 Å². The molecule has 4 nitrogen and oxygen atoms in total. The Labute approximate surface area is 103 Å². The zero-order chi connectivity index (χ0) is 12.1. The molecular weight excluding hydrogens is 212 g/mol. The first-order chi connectivity index (χ1) is 8.31. The minimum Gasteiger partial charge on any atom is -0.330 e. The number of aromatic nitrogens is 2. The van der Waals surface area contributed by atoms with Gasteiger partial charge in [-0.15, -0.1) is 0 Å². The molecule has 0 aromatic carbocycles. The van der Waals surface area contributed by atoms with Crippen LogP contribution in [0.5, 0.6) is 0 Å². The summed E-state index contributed by atoms with van der Waals surface area (Å²) in [6.07, 6.45) is 10.5. The predicted octanol–water partition coefficient (Wildman–Crippen LogP) is 1.43. The largest absolute Gasteiger partial charge is 0.330 e. The van der Waals surface area contributed by atoms with Crippen LogP contribution in [0.25, 0.3) is 0 Å². The molecule has 0 radical (unpaired) electrons. The van der Waals surface area contributed by atoms with Gasteiger partial charge in [0.2, 0.25) is 0 Å². The average molecular weight is 234 g/mol. The molecule has 1 fully saturated rings. The van der Waals surface area contributed by atoms with Crippen molar-refractivity contribution in [1.82, 2.24) is 14.9 Å². The van der Waals surface area contributed by atoms with E-state index in [2.05, 4.69) is 21.9 Å². The van der Waals surface area contributed by atoms with E-state index in [1.54, 1.807) is 12.4 Å². The van der Waals surface area contributed by atoms with E-state index in [1.807, 2.05) is 6.20 Å². The summed E-state index contributed by atoms with van der Waals surface area (Å²) in [5, 5.41) is 0. The Balaban J connectivity index is 1.96. The highest BCUT2D eigenvalue weighted by atomic mass is 15.1. The minimum atomic E-state index is 0.607. The summed E-state index contributed by atoms with van der Waals surface area (Å²) in [7, 11) is 2.17. The molecule has 17 heavy (non-hydrogen) atoms. The zero-order valence-corrected chi connectivity index (χ0v) is 10.5. The summed E-state index contributed by atoms with van der Waals surface area (Å²) in [4.78, 5) is 10.8. The van der Waals surface area contributed by atoms with Crippen LogP contribution in [0.4, 0.5) is 0 Å². The molecular formula is C13H22N4. The van der Waals surface area contributed by atoms with Crippen LogP contribution in [0.15, 0.2) is 18.6 Å². The Kier molecular flexibility index (Phi) is 4.45. The van der Waals surface area contributed by atoms with Crippen LogP contribution in [-0.2, 0) is 6.54 Å². The maximum absolute atomic E-state index is 5.87. The molecule has 1 saturated carbocycles. The van der Waals surface area contributed by atoms with Crippen molar-refractivity contribution in [1.29, 1.82) is 0 Å². The van der Waals surface area contributed by atoms with Crippen molar-refractivity contribution in [3.8, 4) is 0 Å². The molecule has 0 spiro atoms. The molecule has 0 bridgehead atoms. The number of hydrogen-bond donors (Lipinski definition) is 1. The number of nitrogens with two attached hydrogens (primary N) is 1. The van der Waals surface area contributed by atoms with Crippen molar-refractivity contribution in [3.05, 3.63) is 24.3 Å². The maximum Gasteiger partial charge on any atom is 0.0726 e. The van der Waals surface area contributed by atoms with E-state index in [9.17, 15) is 0 Å². The summed E-state index contributed by atoms with van der Waals surface area (Å²) >= 11 is 0. The summed E-state index contributed by atoms with van der Waals surface area (Å²) in [6, 6.07) is 0.607. The van der Waals surface area contributed by atoms with Gasteiger partial charge in [-0.25, -0.2) is 0 Å². The lowest BCUT2D eigenvalue weighted by atomic mass is 9.83. The molecule has 0 amide bonds. The quantitative estimate of drug-likeness (QED) is 0.856. The van der Waals surface area contributed by atoms with Crippen LogP contribution < -0.4 is 5.73 Å². The molecule has 0 aliphatic heterocycles. The van der Waals surface area contributed by atoms with Crippen molar-refractivity contribution in [2.24, 2.45) is 11.7 Å². The lowest BCUT2D eigenvalue weighted by molar-refractivity contribution is 0.126. The molecule has 1 aromatic heterocycles. The fourth-order valence-corrected chi connectivity index (χ4v) is 2.83. The lowest BCUT2D eigenvalue weighted by Crippen LogP contribution is -2.42. The topological polar surface area (TPSA) is 55.0 Å². The lowest BCUT2D eigenvalue weighted by Gasteiger charge is -2.37. The monoisotopic (exact) mass is 234 g/mol. The first-order valence-electron chi connectivity index (χ1n) is 6.46. The first-order valence-corrected chi connectivity index (χ1v) is 6.46. The molecule has 1 aromatic rings. The third-order valence-corrected chi connectivity index (χ3v) is 3.77. The number of nitrogens with zero attached hydrogens (tertiary/aromatic N) is 3. The second-order valence-electron chi connectivity index (χ2n) is 4.96. The second kappa shape index (κ2) is 6.07. The Hall–Kier alpha value is -1.00. The van der Waals surface area contributed by atoms with E-state index in [4.69, 9.17) is 5.73 Å². The Morgan fingerprint density at radius 2 is 2.18 bits per heavy atom. The highest BCUT2D eigenvalue weighted by molar-refractivity contribution is 4.95. The molecule has 2 rings (SSSR count). The van der Waals surface area contributed by atoms with E-state index in [-0.39, 0.29) is 0 Å². The van der Waals surface area contributed by atoms with Gasteiger partial charge in [-0.05, 0) is 32.4 Å². The van der Waals surface area contributed by atoms with E-state index < -0.39 is 0 Å². The van der Waals surface area contributed by atoms with E-state index >= 15 is 0 Å². The summed E-state index contributed by atoms with van der Waals surface area (Å²) in [5.41, 5.74) is 6.91. The predicted molar refractivity (Wildman–Crippen MR) is 68.3 cm³/mol. The third-order valence-electron chi connectivity index (χ3n) is 3.77. The molecule has 2 N–H and O–H groups in total. The van der Waals surface area contributed by atoms with Gasteiger partial charge in [-0.1, -0.05) is 12.8 Å². The van der Waals surface area contributed by atoms with Crippen LogP contribution in [-0.4, -0.2) is 34.5 Å². The van der Waals surface area contributed by atoms with Gasteiger partial charge < -0.3 is 5.73 Å². The van der Waals surface area contributed by atoms with Crippen LogP contribution in [0.1, 0.15) is 31.4 Å². The Morgan fingerprint density at radius 3 is 2.88 bits per heavy atom. The SMILES string of the molecule is CN(Cc1cnccn1)C1CCCCC1CN. The van der Waals surface area contributed by atoms with Gasteiger partial charge in [-0.2, -0.15) is 0 Å². The second-order valence-corrected chi connectivity index (χ2v) is 4.96. The molecule has 4 heteroatoms. The van der Waals surface area contributed by atoms with Crippen molar-refractivity contribution in [3.63, 3.8) is 0 Å². The van der Waals surface area contributed by atoms with Gasteiger partial charge in [0.25, 0.3) is 0 Å². The van der Waals surface area contributed by atoms with E-state index in [1.165, 1.54) is 25.7 Å². The molecule has 1 heterocycles. The zero-order valence-electron chi connectivity index (χ0n) is 10.5. The van der Waals surface area contributed by atoms with Crippen molar-refractivity contribution >= 4 is 0 Å². The normalized spacial score (nSPS) is 25.1. The molecule has 2 unspecified atom stereocenters. The molecule has 2 atom stereocenters. The third kappa shape index (κ3) is 3.23. The van der Waals surface area contributed by atoms with E-state index in [0.29, 0.717) is 12.0 Å². The van der Waals surface area contributed by atoms with Crippen molar-refractivity contribution in [2.45, 2.75) is 38.3 Å². The van der Waals surface area contributed by atoms with Gasteiger partial charge in [0, 0.05) is 31.2 Å². The van der Waals surface area contributed by atoms with Gasteiger partial charge in [0.15, 0.2) is 0 Å². The van der Waals surface area contributed by atoms with E-state index in [0.717, 1.165) is 18.8 Å². The average Bonchev–Trinajstić information content (AvgIpc) is 2.40. The maximum atomic E-state index is 5.87. The fraction of sp³-hybridized carbons (Fsp3) is 0.692. The van der Waals surface area contributed by atoms with Gasteiger partial charge in [0.1, 0.15) is 0 Å². The number of hydrogen-bond acceptors (Lipinski definition) is 4. The molecule has 1 aliphatic rings. The van der Waals surface area contributed by atoms with Crippen LogP contribution in [0.3, 0.4) is 0 Å². The summed E-state index contributed by atoms with van der Waals surface area (Å²) in [5.74, 6) is 0.644. The number of rotatable bonds is 4. The van der Waals surface area contributed by atoms with Crippen LogP contribution in [0, 0.1) is 5.92 Å².